The summed E-state index contributed by atoms with van der Waals surface area (Å²) in [5, 5.41) is 11.1. The zero-order valence-corrected chi connectivity index (χ0v) is 16.0. The number of halogens is 2. The summed E-state index contributed by atoms with van der Waals surface area (Å²) in [5.74, 6) is -2.27. The monoisotopic (exact) mass is 425 g/mol. The Morgan fingerprint density at radius 3 is 2.40 bits per heavy atom. The van der Waals surface area contributed by atoms with Gasteiger partial charge in [-0.25, -0.2) is 9.18 Å². The molecule has 0 bridgehead atoms. The second-order valence-electron chi connectivity index (χ2n) is 6.05. The Bertz CT molecular complexity index is 1160. The summed E-state index contributed by atoms with van der Waals surface area (Å²) < 4.78 is 18.9. The quantitative estimate of drug-likeness (QED) is 0.130. The average molecular weight is 426 g/mol. The first-order valence-corrected chi connectivity index (χ1v) is 8.96. The van der Waals surface area contributed by atoms with E-state index in [0.29, 0.717) is 10.6 Å². The van der Waals surface area contributed by atoms with Gasteiger partial charge in [-0.3, -0.25) is 14.9 Å². The van der Waals surface area contributed by atoms with E-state index in [1.165, 1.54) is 24.3 Å². The number of benzene rings is 3. The van der Waals surface area contributed by atoms with Gasteiger partial charge in [0.15, 0.2) is 5.78 Å². The molecule has 0 heterocycles. The molecule has 3 rings (SSSR count). The van der Waals surface area contributed by atoms with Crippen molar-refractivity contribution in [1.29, 1.82) is 0 Å². The summed E-state index contributed by atoms with van der Waals surface area (Å²) in [7, 11) is 0. The van der Waals surface area contributed by atoms with Gasteiger partial charge in [0.1, 0.15) is 11.6 Å². The van der Waals surface area contributed by atoms with Gasteiger partial charge in [0, 0.05) is 17.2 Å². The van der Waals surface area contributed by atoms with Gasteiger partial charge in [0.05, 0.1) is 16.1 Å². The summed E-state index contributed by atoms with van der Waals surface area (Å²) in [4.78, 5) is 35.0. The molecular formula is C22H13ClFNO5. The molecule has 0 radical (unpaired) electrons. The molecule has 3 aromatic rings. The molecule has 0 aliphatic rings. The number of non-ortho nitro benzene ring substituents is 1. The SMILES string of the molecule is O=C(Oc1ccc(F)cc1C(=O)/C=C/c1ccccc1Cl)c1ccc([N+](=O)[O-])cc1. The van der Waals surface area contributed by atoms with E-state index in [0.717, 1.165) is 30.3 Å². The van der Waals surface area contributed by atoms with Gasteiger partial charge in [-0.2, -0.15) is 0 Å². The number of rotatable bonds is 6. The van der Waals surface area contributed by atoms with Gasteiger partial charge in [-0.15, -0.1) is 0 Å². The molecule has 0 aliphatic heterocycles. The maximum absolute atomic E-state index is 13.7. The van der Waals surface area contributed by atoms with Crippen LogP contribution in [0.25, 0.3) is 6.08 Å². The third-order valence-corrected chi connectivity index (χ3v) is 4.39. The van der Waals surface area contributed by atoms with Crippen molar-refractivity contribution in [3.63, 3.8) is 0 Å². The molecule has 6 nitrogen and oxygen atoms in total. The van der Waals surface area contributed by atoms with Crippen LogP contribution in [0.2, 0.25) is 5.02 Å². The van der Waals surface area contributed by atoms with Crippen LogP contribution in [0.5, 0.6) is 5.75 Å². The van der Waals surface area contributed by atoms with Crippen LogP contribution in [-0.2, 0) is 0 Å². The maximum Gasteiger partial charge on any atom is 0.343 e. The number of hydrogen-bond acceptors (Lipinski definition) is 5. The minimum atomic E-state index is -0.847. The van der Waals surface area contributed by atoms with Crippen molar-refractivity contribution < 1.29 is 23.6 Å². The highest BCUT2D eigenvalue weighted by Crippen LogP contribution is 2.24. The lowest BCUT2D eigenvalue weighted by Crippen LogP contribution is -2.11. The van der Waals surface area contributed by atoms with Gasteiger partial charge in [0.2, 0.25) is 0 Å². The predicted molar refractivity (Wildman–Crippen MR) is 109 cm³/mol. The van der Waals surface area contributed by atoms with Crippen molar-refractivity contribution in [3.8, 4) is 5.75 Å². The number of carbonyl (C=O) groups excluding carboxylic acids is 2. The van der Waals surface area contributed by atoms with Crippen molar-refractivity contribution in [3.05, 3.63) is 110 Å². The van der Waals surface area contributed by atoms with E-state index >= 15 is 0 Å². The number of esters is 1. The largest absolute Gasteiger partial charge is 0.422 e. The van der Waals surface area contributed by atoms with Crippen LogP contribution in [0, 0.1) is 15.9 Å². The molecule has 0 fully saturated rings. The van der Waals surface area contributed by atoms with Crippen LogP contribution in [0.15, 0.2) is 72.8 Å². The topological polar surface area (TPSA) is 86.5 Å². The highest BCUT2D eigenvalue weighted by Gasteiger charge is 2.17. The van der Waals surface area contributed by atoms with Crippen LogP contribution < -0.4 is 4.74 Å². The summed E-state index contributed by atoms with van der Waals surface area (Å²) in [6, 6.07) is 14.8. The van der Waals surface area contributed by atoms with Crippen molar-refractivity contribution >= 4 is 35.1 Å². The number of ketones is 1. The predicted octanol–water partition coefficient (Wildman–Crippen LogP) is 5.50. The third-order valence-electron chi connectivity index (χ3n) is 4.04. The molecule has 0 aromatic heterocycles. The zero-order chi connectivity index (χ0) is 21.7. The van der Waals surface area contributed by atoms with E-state index in [1.807, 2.05) is 0 Å². The minimum Gasteiger partial charge on any atom is -0.422 e. The molecule has 0 N–H and O–H groups in total. The lowest BCUT2D eigenvalue weighted by atomic mass is 10.1. The fourth-order valence-corrected chi connectivity index (χ4v) is 2.73. The minimum absolute atomic E-state index is 0.0370. The van der Waals surface area contributed by atoms with E-state index in [9.17, 15) is 24.1 Å². The Balaban J connectivity index is 1.84. The number of allylic oxidation sites excluding steroid dienone is 1. The Morgan fingerprint density at radius 2 is 1.73 bits per heavy atom. The maximum atomic E-state index is 13.7. The average Bonchev–Trinajstić information content (AvgIpc) is 2.74. The lowest BCUT2D eigenvalue weighted by Gasteiger charge is -2.08. The Hall–Kier alpha value is -3.84. The van der Waals surface area contributed by atoms with Gasteiger partial charge in [-0.1, -0.05) is 29.8 Å². The van der Waals surface area contributed by atoms with E-state index in [4.69, 9.17) is 16.3 Å². The number of hydrogen-bond donors (Lipinski definition) is 0. The standard InChI is InChI=1S/C22H13ClFNO5/c23-19-4-2-1-3-14(19)7-11-20(26)18-13-16(24)8-12-21(18)30-22(27)15-5-9-17(10-6-15)25(28)29/h1-13H/b11-7+. The molecule has 3 aromatic carbocycles. The van der Waals surface area contributed by atoms with Crippen LogP contribution in [0.3, 0.4) is 0 Å². The zero-order valence-electron chi connectivity index (χ0n) is 15.2. The van der Waals surface area contributed by atoms with Crippen LogP contribution in [0.4, 0.5) is 10.1 Å². The van der Waals surface area contributed by atoms with Gasteiger partial charge in [-0.05, 0) is 54.1 Å². The summed E-state index contributed by atoms with van der Waals surface area (Å²) in [6.07, 6.45) is 2.66. The molecule has 0 saturated heterocycles. The van der Waals surface area contributed by atoms with Crippen molar-refractivity contribution in [2.75, 3.05) is 0 Å². The summed E-state index contributed by atoms with van der Waals surface area (Å²) in [5.41, 5.74) is 0.283. The molecule has 0 amide bonds. The van der Waals surface area contributed by atoms with Gasteiger partial charge >= 0.3 is 5.97 Å². The first-order chi connectivity index (χ1) is 14.3. The molecular weight excluding hydrogens is 413 g/mol. The number of ether oxygens (including phenoxy) is 1. The van der Waals surface area contributed by atoms with E-state index < -0.39 is 22.5 Å². The number of carbonyl (C=O) groups is 2. The Labute approximate surface area is 175 Å². The fraction of sp³-hybridized carbons (Fsp3) is 0. The molecule has 0 unspecified atom stereocenters. The second-order valence-corrected chi connectivity index (χ2v) is 6.46. The number of nitro groups is 1. The van der Waals surface area contributed by atoms with E-state index in [2.05, 4.69) is 0 Å². The molecule has 8 heteroatoms. The van der Waals surface area contributed by atoms with Crippen molar-refractivity contribution in [1.82, 2.24) is 0 Å². The Morgan fingerprint density at radius 1 is 1.03 bits per heavy atom. The molecule has 0 spiro atoms. The molecule has 150 valence electrons. The number of nitro benzene ring substituents is 1. The van der Waals surface area contributed by atoms with Gasteiger partial charge < -0.3 is 4.74 Å². The molecule has 0 aliphatic carbocycles. The van der Waals surface area contributed by atoms with Gasteiger partial charge in [0.25, 0.3) is 5.69 Å². The van der Waals surface area contributed by atoms with E-state index in [-0.39, 0.29) is 22.6 Å². The summed E-state index contributed by atoms with van der Waals surface area (Å²) in [6.45, 7) is 0. The fourth-order valence-electron chi connectivity index (χ4n) is 2.53. The van der Waals surface area contributed by atoms with Crippen molar-refractivity contribution in [2.45, 2.75) is 0 Å². The van der Waals surface area contributed by atoms with E-state index in [1.54, 1.807) is 24.3 Å². The first-order valence-electron chi connectivity index (χ1n) is 8.58. The van der Waals surface area contributed by atoms with Crippen molar-refractivity contribution in [2.24, 2.45) is 0 Å². The highest BCUT2D eigenvalue weighted by atomic mass is 35.5. The smallest absolute Gasteiger partial charge is 0.343 e. The normalized spacial score (nSPS) is 10.7. The van der Waals surface area contributed by atoms with Crippen LogP contribution in [0.1, 0.15) is 26.3 Å². The van der Waals surface area contributed by atoms with Crippen LogP contribution >= 0.6 is 11.6 Å². The van der Waals surface area contributed by atoms with Crippen LogP contribution in [-0.4, -0.2) is 16.7 Å². The molecule has 0 atom stereocenters. The Kier molecular flexibility index (Phi) is 6.34. The second kappa shape index (κ2) is 9.11. The lowest BCUT2D eigenvalue weighted by molar-refractivity contribution is -0.384. The number of nitrogens with zero attached hydrogens (tertiary/aromatic N) is 1. The third kappa shape index (κ3) is 4.95. The summed E-state index contributed by atoms with van der Waals surface area (Å²) >= 11 is 6.04. The molecule has 0 saturated carbocycles. The highest BCUT2D eigenvalue weighted by molar-refractivity contribution is 6.32. The molecule has 30 heavy (non-hydrogen) atoms. The first kappa shape index (κ1) is 20.9.